The van der Waals surface area contributed by atoms with Crippen molar-refractivity contribution in [3.05, 3.63) is 77.6 Å². The van der Waals surface area contributed by atoms with E-state index < -0.39 is 15.9 Å². The van der Waals surface area contributed by atoms with Crippen LogP contribution in [0, 0.1) is 10.1 Å². The van der Waals surface area contributed by atoms with Crippen LogP contribution in [0.2, 0.25) is 0 Å². The van der Waals surface area contributed by atoms with Gasteiger partial charge in [0.05, 0.1) is 23.5 Å². The fourth-order valence-electron chi connectivity index (χ4n) is 3.18. The lowest BCUT2D eigenvalue weighted by Gasteiger charge is -2.13. The highest BCUT2D eigenvalue weighted by molar-refractivity contribution is 9.10. The predicted octanol–water partition coefficient (Wildman–Crippen LogP) is 3.49. The summed E-state index contributed by atoms with van der Waals surface area (Å²) in [7, 11) is 1.48. The minimum absolute atomic E-state index is 0.103. The molecule has 2 aromatic heterocycles. The number of rotatable bonds is 5. The molecule has 0 aliphatic heterocycles. The summed E-state index contributed by atoms with van der Waals surface area (Å²) in [6.07, 6.45) is 0. The van der Waals surface area contributed by atoms with Gasteiger partial charge in [-0.15, -0.1) is 0 Å². The summed E-state index contributed by atoms with van der Waals surface area (Å²) in [6, 6.07) is 10.6. The van der Waals surface area contributed by atoms with Crippen LogP contribution in [0.15, 0.2) is 60.9 Å². The third kappa shape index (κ3) is 3.40. The number of ether oxygens (including phenoxy) is 1. The van der Waals surface area contributed by atoms with Crippen LogP contribution in [0.3, 0.4) is 0 Å². The average Bonchev–Trinajstić information content (AvgIpc) is 2.73. The first-order valence-corrected chi connectivity index (χ1v) is 9.60. The quantitative estimate of drug-likeness (QED) is 0.248. The van der Waals surface area contributed by atoms with Crippen molar-refractivity contribution in [3.63, 3.8) is 0 Å². The predicted molar refractivity (Wildman–Crippen MR) is 114 cm³/mol. The van der Waals surface area contributed by atoms with Gasteiger partial charge >= 0.3 is 0 Å². The average molecular weight is 472 g/mol. The van der Waals surface area contributed by atoms with Gasteiger partial charge in [-0.1, -0.05) is 28.1 Å². The van der Waals surface area contributed by atoms with E-state index in [9.17, 15) is 19.7 Å². The number of benzene rings is 2. The first kappa shape index (κ1) is 19.9. The molecule has 0 aliphatic carbocycles. The second-order valence-electron chi connectivity index (χ2n) is 6.44. The lowest BCUT2D eigenvalue weighted by molar-refractivity contribution is -0.384. The first-order valence-electron chi connectivity index (χ1n) is 8.81. The fourth-order valence-corrected chi connectivity index (χ4v) is 3.54. The number of fused-ring (bicyclic) bond motifs is 2. The minimum atomic E-state index is -0.603. The molecule has 0 fully saturated rings. The summed E-state index contributed by atoms with van der Waals surface area (Å²) in [4.78, 5) is 41.3. The maximum Gasteiger partial charge on any atom is 0.270 e. The molecule has 10 heteroatoms. The summed E-state index contributed by atoms with van der Waals surface area (Å²) in [5, 5.41) is 11.2. The molecule has 0 unspecified atom stereocenters. The van der Waals surface area contributed by atoms with Crippen molar-refractivity contribution in [2.24, 2.45) is 0 Å². The van der Waals surface area contributed by atoms with Crippen molar-refractivity contribution in [1.29, 1.82) is 0 Å². The fraction of sp³-hybridized carbons (Fsp3) is 0.150. The summed E-state index contributed by atoms with van der Waals surface area (Å²) < 4.78 is 12.8. The van der Waals surface area contributed by atoms with Crippen molar-refractivity contribution in [2.75, 3.05) is 13.7 Å². The van der Waals surface area contributed by atoms with Crippen molar-refractivity contribution in [1.82, 2.24) is 9.55 Å². The lowest BCUT2D eigenvalue weighted by atomic mass is 10.1. The molecule has 0 atom stereocenters. The summed E-state index contributed by atoms with van der Waals surface area (Å²) >= 11 is 3.31. The van der Waals surface area contributed by atoms with Gasteiger partial charge in [0.2, 0.25) is 11.1 Å². The number of aromatic nitrogens is 2. The zero-order chi connectivity index (χ0) is 21.4. The largest absolute Gasteiger partial charge is 0.437 e. The Balaban J connectivity index is 2.09. The highest BCUT2D eigenvalue weighted by Gasteiger charge is 2.20. The Bertz CT molecular complexity index is 1430. The van der Waals surface area contributed by atoms with Gasteiger partial charge in [-0.25, -0.2) is 0 Å². The van der Waals surface area contributed by atoms with E-state index >= 15 is 0 Å². The lowest BCUT2D eigenvalue weighted by Crippen LogP contribution is -2.29. The number of nitro groups is 1. The second-order valence-corrected chi connectivity index (χ2v) is 7.36. The Morgan fingerprint density at radius 3 is 2.77 bits per heavy atom. The van der Waals surface area contributed by atoms with Gasteiger partial charge in [-0.2, -0.15) is 4.98 Å². The van der Waals surface area contributed by atoms with Gasteiger partial charge in [-0.05, 0) is 18.2 Å². The van der Waals surface area contributed by atoms with Crippen LogP contribution in [0.5, 0.6) is 0 Å². The van der Waals surface area contributed by atoms with Crippen LogP contribution in [0.4, 0.5) is 5.69 Å². The van der Waals surface area contributed by atoms with E-state index in [-0.39, 0.29) is 46.7 Å². The highest BCUT2D eigenvalue weighted by atomic mass is 79.9. The monoisotopic (exact) mass is 471 g/mol. The number of hydrogen-bond donors (Lipinski definition) is 0. The van der Waals surface area contributed by atoms with Crippen LogP contribution in [-0.4, -0.2) is 28.2 Å². The Hall–Kier alpha value is -3.37. The Kier molecular flexibility index (Phi) is 5.18. The smallest absolute Gasteiger partial charge is 0.270 e. The molecule has 4 aromatic rings. The zero-order valence-corrected chi connectivity index (χ0v) is 17.2. The normalized spacial score (nSPS) is 11.3. The maximum atomic E-state index is 13.3. The zero-order valence-electron chi connectivity index (χ0n) is 15.6. The second kappa shape index (κ2) is 7.81. The molecular weight excluding hydrogens is 458 g/mol. The van der Waals surface area contributed by atoms with Crippen molar-refractivity contribution in [3.8, 4) is 11.4 Å². The van der Waals surface area contributed by atoms with E-state index in [0.29, 0.717) is 10.0 Å². The van der Waals surface area contributed by atoms with Crippen LogP contribution in [-0.2, 0) is 11.3 Å². The Labute approximate surface area is 176 Å². The van der Waals surface area contributed by atoms with Gasteiger partial charge in [0.25, 0.3) is 11.2 Å². The van der Waals surface area contributed by atoms with Crippen LogP contribution >= 0.6 is 15.9 Å². The topological polar surface area (TPSA) is 117 Å². The number of hydrogen-bond acceptors (Lipinski definition) is 7. The van der Waals surface area contributed by atoms with Gasteiger partial charge < -0.3 is 9.15 Å². The molecule has 0 bridgehead atoms. The number of nitro benzene ring substituents is 1. The first-order chi connectivity index (χ1) is 14.4. The molecule has 0 aliphatic rings. The third-order valence-corrected chi connectivity index (χ3v) is 5.08. The molecule has 2 aromatic carbocycles. The number of nitrogens with zero attached hydrogens (tertiary/aromatic N) is 3. The molecule has 152 valence electrons. The highest BCUT2D eigenvalue weighted by Crippen LogP contribution is 2.25. The summed E-state index contributed by atoms with van der Waals surface area (Å²) in [6.45, 7) is 0.283. The molecule has 0 N–H and O–H groups in total. The molecule has 30 heavy (non-hydrogen) atoms. The molecular formula is C20H14BrN3O6. The molecule has 0 amide bonds. The van der Waals surface area contributed by atoms with E-state index in [0.717, 1.165) is 0 Å². The van der Waals surface area contributed by atoms with E-state index in [4.69, 9.17) is 9.15 Å². The molecule has 0 radical (unpaired) electrons. The van der Waals surface area contributed by atoms with E-state index in [1.807, 2.05) is 0 Å². The van der Waals surface area contributed by atoms with Crippen molar-refractivity contribution in [2.45, 2.75) is 6.54 Å². The van der Waals surface area contributed by atoms with Crippen LogP contribution in [0.1, 0.15) is 0 Å². The molecule has 9 nitrogen and oxygen atoms in total. The molecule has 2 heterocycles. The third-order valence-electron chi connectivity index (χ3n) is 4.59. The van der Waals surface area contributed by atoms with Crippen molar-refractivity contribution >= 4 is 43.7 Å². The Morgan fingerprint density at radius 1 is 1.23 bits per heavy atom. The van der Waals surface area contributed by atoms with Gasteiger partial charge in [0.1, 0.15) is 11.4 Å². The van der Waals surface area contributed by atoms with E-state index in [1.165, 1.54) is 29.9 Å². The molecule has 0 saturated heterocycles. The van der Waals surface area contributed by atoms with Crippen molar-refractivity contribution < 1.29 is 14.1 Å². The van der Waals surface area contributed by atoms with Gasteiger partial charge in [0.15, 0.2) is 5.39 Å². The maximum absolute atomic E-state index is 13.3. The number of non-ortho nitro benzene ring substituents is 1. The number of halogens is 1. The van der Waals surface area contributed by atoms with E-state index in [2.05, 4.69) is 20.9 Å². The van der Waals surface area contributed by atoms with Gasteiger partial charge in [0, 0.05) is 29.3 Å². The minimum Gasteiger partial charge on any atom is -0.437 e. The van der Waals surface area contributed by atoms with Crippen LogP contribution < -0.4 is 11.0 Å². The van der Waals surface area contributed by atoms with E-state index in [1.54, 1.807) is 24.3 Å². The van der Waals surface area contributed by atoms with Gasteiger partial charge in [-0.3, -0.25) is 24.3 Å². The number of methoxy groups -OCH3 is 1. The SMILES string of the molecule is COCCn1c(-c2cccc([N+](=O)[O-])c2)nc2oc3ccc(Br)cc3c(=O)c2c1=O. The summed E-state index contributed by atoms with van der Waals surface area (Å²) in [5.41, 5.74) is -0.754. The standard InChI is InChI=1S/C20H14BrN3O6/c1-29-8-7-23-18(11-3-2-4-13(9-11)24(27)28)22-19-16(20(23)26)17(25)14-10-12(21)5-6-15(14)30-19/h2-6,9-10H,7-8H2,1H3. The molecule has 0 saturated carbocycles. The molecule has 4 rings (SSSR count). The molecule has 0 spiro atoms. The van der Waals surface area contributed by atoms with Crippen LogP contribution in [0.25, 0.3) is 33.5 Å². The Morgan fingerprint density at radius 2 is 2.03 bits per heavy atom. The summed E-state index contributed by atoms with van der Waals surface area (Å²) in [5.74, 6) is 0.146.